The van der Waals surface area contributed by atoms with E-state index in [1.54, 1.807) is 11.8 Å². The molecule has 0 spiro atoms. The van der Waals surface area contributed by atoms with E-state index in [-0.39, 0.29) is 12.0 Å². The highest BCUT2D eigenvalue weighted by Gasteiger charge is 2.32. The maximum Gasteiger partial charge on any atom is 0.408 e. The minimum Gasteiger partial charge on any atom is -0.444 e. The van der Waals surface area contributed by atoms with Crippen molar-refractivity contribution in [3.63, 3.8) is 0 Å². The molecule has 6 nitrogen and oxygen atoms in total. The van der Waals surface area contributed by atoms with Crippen molar-refractivity contribution in [2.45, 2.75) is 70.6 Å². The van der Waals surface area contributed by atoms with Crippen molar-refractivity contribution in [3.05, 3.63) is 0 Å². The van der Waals surface area contributed by atoms with Crippen LogP contribution in [0, 0.1) is 5.92 Å². The Morgan fingerprint density at radius 2 is 1.96 bits per heavy atom. The van der Waals surface area contributed by atoms with Crippen LogP contribution in [0.15, 0.2) is 0 Å². The Labute approximate surface area is 148 Å². The van der Waals surface area contributed by atoms with Gasteiger partial charge in [-0.3, -0.25) is 4.79 Å². The number of rotatable bonds is 4. The van der Waals surface area contributed by atoms with Crippen LogP contribution in [0.1, 0.15) is 52.9 Å². The van der Waals surface area contributed by atoms with Crippen molar-refractivity contribution < 1.29 is 19.4 Å². The summed E-state index contributed by atoms with van der Waals surface area (Å²) in [5, 5.41) is 12.4. The van der Waals surface area contributed by atoms with E-state index in [1.807, 2.05) is 25.7 Å². The summed E-state index contributed by atoms with van der Waals surface area (Å²) in [5.74, 6) is 1.97. The standard InChI is InChI=1S/C17H30N2O4S/c1-17(2,3)23-16(22)18-14(15(21)19-8-9-24-11-19)10-12-4-6-13(20)7-5-12/h12-14,20H,4-11H2,1-3H3,(H,18,22)/t12?,13?,14-/m0/s1. The van der Waals surface area contributed by atoms with E-state index in [1.165, 1.54) is 0 Å². The summed E-state index contributed by atoms with van der Waals surface area (Å²) in [5.41, 5.74) is -0.587. The van der Waals surface area contributed by atoms with Gasteiger partial charge in [-0.15, -0.1) is 11.8 Å². The van der Waals surface area contributed by atoms with Crippen molar-refractivity contribution in [1.82, 2.24) is 10.2 Å². The smallest absolute Gasteiger partial charge is 0.408 e. The van der Waals surface area contributed by atoms with Gasteiger partial charge in [0, 0.05) is 12.3 Å². The zero-order valence-electron chi connectivity index (χ0n) is 14.9. The summed E-state index contributed by atoms with van der Waals surface area (Å²) in [7, 11) is 0. The van der Waals surface area contributed by atoms with Gasteiger partial charge < -0.3 is 20.1 Å². The molecule has 2 fully saturated rings. The fourth-order valence-electron chi connectivity index (χ4n) is 3.19. The normalized spacial score (nSPS) is 26.1. The highest BCUT2D eigenvalue weighted by atomic mass is 32.2. The van der Waals surface area contributed by atoms with Gasteiger partial charge in [0.15, 0.2) is 0 Å². The molecule has 1 aliphatic carbocycles. The first-order valence-electron chi connectivity index (χ1n) is 8.78. The van der Waals surface area contributed by atoms with Crippen LogP contribution >= 0.6 is 11.8 Å². The third-order valence-electron chi connectivity index (χ3n) is 4.44. The van der Waals surface area contributed by atoms with Crippen LogP contribution in [0.3, 0.4) is 0 Å². The SMILES string of the molecule is CC(C)(C)OC(=O)N[C@@H](CC1CCC(O)CC1)C(=O)N1CCSC1. The van der Waals surface area contributed by atoms with Gasteiger partial charge in [-0.2, -0.15) is 0 Å². The Balaban J connectivity index is 1.97. The maximum atomic E-state index is 12.8. The number of nitrogens with zero attached hydrogens (tertiary/aromatic N) is 1. The van der Waals surface area contributed by atoms with E-state index >= 15 is 0 Å². The average molecular weight is 359 g/mol. The number of ether oxygens (including phenoxy) is 1. The van der Waals surface area contributed by atoms with Gasteiger partial charge in [-0.05, 0) is 58.8 Å². The number of aliphatic hydroxyl groups is 1. The van der Waals surface area contributed by atoms with Gasteiger partial charge in [0.25, 0.3) is 0 Å². The maximum absolute atomic E-state index is 12.8. The van der Waals surface area contributed by atoms with Crippen LogP contribution in [0.5, 0.6) is 0 Å². The molecule has 0 radical (unpaired) electrons. The molecule has 1 saturated heterocycles. The summed E-state index contributed by atoms with van der Waals surface area (Å²) >= 11 is 1.73. The van der Waals surface area contributed by atoms with Crippen molar-refractivity contribution in [1.29, 1.82) is 0 Å². The number of aliphatic hydroxyl groups excluding tert-OH is 1. The number of nitrogens with one attached hydrogen (secondary N) is 1. The molecular formula is C17H30N2O4S. The van der Waals surface area contributed by atoms with E-state index in [2.05, 4.69) is 5.32 Å². The molecule has 0 aromatic carbocycles. The van der Waals surface area contributed by atoms with Gasteiger partial charge >= 0.3 is 6.09 Å². The number of carbonyl (C=O) groups excluding carboxylic acids is 2. The van der Waals surface area contributed by atoms with Gasteiger partial charge in [0.2, 0.25) is 5.91 Å². The van der Waals surface area contributed by atoms with E-state index in [0.29, 0.717) is 18.2 Å². The largest absolute Gasteiger partial charge is 0.444 e. The Hall–Kier alpha value is -0.950. The molecule has 2 N–H and O–H groups in total. The number of hydrogen-bond acceptors (Lipinski definition) is 5. The summed E-state index contributed by atoms with van der Waals surface area (Å²) in [6.07, 6.45) is 3.21. The Morgan fingerprint density at radius 3 is 2.50 bits per heavy atom. The molecule has 2 amide bonds. The van der Waals surface area contributed by atoms with Crippen LogP contribution in [0.2, 0.25) is 0 Å². The molecule has 24 heavy (non-hydrogen) atoms. The number of carbonyl (C=O) groups is 2. The lowest BCUT2D eigenvalue weighted by Crippen LogP contribution is -2.50. The first kappa shape index (κ1) is 19.4. The predicted molar refractivity (Wildman–Crippen MR) is 94.8 cm³/mol. The second kappa shape index (κ2) is 8.43. The third-order valence-corrected chi connectivity index (χ3v) is 5.40. The molecule has 1 saturated carbocycles. The van der Waals surface area contributed by atoms with Gasteiger partial charge in [-0.25, -0.2) is 4.79 Å². The van der Waals surface area contributed by atoms with Crippen LogP contribution in [0.4, 0.5) is 4.79 Å². The monoisotopic (exact) mass is 358 g/mol. The minimum absolute atomic E-state index is 0.0167. The van der Waals surface area contributed by atoms with E-state index in [4.69, 9.17) is 4.74 Å². The van der Waals surface area contributed by atoms with Crippen molar-refractivity contribution in [2.24, 2.45) is 5.92 Å². The van der Waals surface area contributed by atoms with Crippen molar-refractivity contribution in [2.75, 3.05) is 18.2 Å². The third kappa shape index (κ3) is 6.16. The number of amides is 2. The minimum atomic E-state index is -0.587. The van der Waals surface area contributed by atoms with Crippen LogP contribution in [-0.2, 0) is 9.53 Å². The molecule has 1 atom stereocenters. The lowest BCUT2D eigenvalue weighted by Gasteiger charge is -2.31. The molecule has 0 bridgehead atoms. The first-order valence-corrected chi connectivity index (χ1v) is 9.94. The highest BCUT2D eigenvalue weighted by Crippen LogP contribution is 2.29. The highest BCUT2D eigenvalue weighted by molar-refractivity contribution is 7.99. The Kier molecular flexibility index (Phi) is 6.80. The zero-order chi connectivity index (χ0) is 17.7. The lowest BCUT2D eigenvalue weighted by atomic mass is 9.83. The second-order valence-corrected chi connectivity index (χ2v) is 8.82. The van der Waals surface area contributed by atoms with Gasteiger partial charge in [0.05, 0.1) is 12.0 Å². The molecule has 2 aliphatic rings. The lowest BCUT2D eigenvalue weighted by molar-refractivity contribution is -0.132. The Bertz CT molecular complexity index is 438. The number of alkyl carbamates (subject to hydrolysis) is 1. The van der Waals surface area contributed by atoms with Crippen molar-refractivity contribution in [3.8, 4) is 0 Å². The molecule has 7 heteroatoms. The molecule has 1 heterocycles. The molecule has 0 aromatic heterocycles. The summed E-state index contributed by atoms with van der Waals surface area (Å²) in [4.78, 5) is 26.7. The van der Waals surface area contributed by atoms with Crippen LogP contribution in [0.25, 0.3) is 0 Å². The van der Waals surface area contributed by atoms with Crippen molar-refractivity contribution >= 4 is 23.8 Å². The Morgan fingerprint density at radius 1 is 1.29 bits per heavy atom. The molecular weight excluding hydrogens is 328 g/mol. The van der Waals surface area contributed by atoms with E-state index in [9.17, 15) is 14.7 Å². The number of thioether (sulfide) groups is 1. The van der Waals surface area contributed by atoms with Gasteiger partial charge in [-0.1, -0.05) is 0 Å². The van der Waals surface area contributed by atoms with Crippen LogP contribution in [-0.4, -0.2) is 57.9 Å². The summed E-state index contributed by atoms with van der Waals surface area (Å²) < 4.78 is 5.32. The zero-order valence-corrected chi connectivity index (χ0v) is 15.7. The number of hydrogen-bond donors (Lipinski definition) is 2. The first-order chi connectivity index (χ1) is 11.2. The summed E-state index contributed by atoms with van der Waals surface area (Å²) in [6.45, 7) is 6.16. The molecule has 2 rings (SSSR count). The molecule has 0 unspecified atom stereocenters. The van der Waals surface area contributed by atoms with E-state index < -0.39 is 17.7 Å². The van der Waals surface area contributed by atoms with Crippen LogP contribution < -0.4 is 5.32 Å². The fourth-order valence-corrected chi connectivity index (χ4v) is 4.15. The molecule has 0 aromatic rings. The summed E-state index contributed by atoms with van der Waals surface area (Å²) in [6, 6.07) is -0.543. The quantitative estimate of drug-likeness (QED) is 0.806. The van der Waals surface area contributed by atoms with E-state index in [0.717, 1.165) is 38.0 Å². The topological polar surface area (TPSA) is 78.9 Å². The molecule has 1 aliphatic heterocycles. The second-order valence-electron chi connectivity index (χ2n) is 7.75. The molecule has 138 valence electrons. The van der Waals surface area contributed by atoms with Gasteiger partial charge in [0.1, 0.15) is 11.6 Å². The fraction of sp³-hybridized carbons (Fsp3) is 0.882. The average Bonchev–Trinajstić information content (AvgIpc) is 3.00. The predicted octanol–water partition coefficient (Wildman–Crippen LogP) is 2.35.